The van der Waals surface area contributed by atoms with Crippen LogP contribution >= 0.6 is 23.4 Å². The molecular weight excluding hydrogens is 194 g/mol. The second-order valence-corrected chi connectivity index (χ2v) is 3.59. The predicted molar refractivity (Wildman–Crippen MR) is 53.9 cm³/mol. The van der Waals surface area contributed by atoms with Crippen LogP contribution in [0.2, 0.25) is 0 Å². The van der Waals surface area contributed by atoms with Crippen molar-refractivity contribution >= 4 is 33.6 Å². The van der Waals surface area contributed by atoms with Gasteiger partial charge in [0.1, 0.15) is 10.2 Å². The summed E-state index contributed by atoms with van der Waals surface area (Å²) in [6.07, 6.45) is 1.75. The van der Waals surface area contributed by atoms with Gasteiger partial charge in [-0.2, -0.15) is 0 Å². The monoisotopic (exact) mass is 201 g/mol. The number of halogens is 1. The lowest BCUT2D eigenvalue weighted by Gasteiger charge is -1.95. The molecule has 0 saturated carbocycles. The van der Waals surface area contributed by atoms with Crippen molar-refractivity contribution in [3.8, 4) is 0 Å². The van der Waals surface area contributed by atoms with Gasteiger partial charge in [-0.25, -0.2) is 0 Å². The molecule has 0 aromatic carbocycles. The molecule has 0 spiro atoms. The highest BCUT2D eigenvalue weighted by Gasteiger charge is 2.24. The molecule has 0 radical (unpaired) electrons. The average molecular weight is 202 g/mol. The van der Waals surface area contributed by atoms with E-state index in [1.165, 1.54) is 0 Å². The molecule has 0 atom stereocenters. The minimum Gasteiger partial charge on any atom is -0.397 e. The van der Waals surface area contributed by atoms with Crippen LogP contribution in [-0.4, -0.2) is 10.2 Å². The lowest BCUT2D eigenvalue weighted by molar-refractivity contribution is 1.36. The summed E-state index contributed by atoms with van der Waals surface area (Å²) >= 11 is 6.59. The summed E-state index contributed by atoms with van der Waals surface area (Å²) in [5, 5.41) is 14.9. The first-order valence-corrected chi connectivity index (χ1v) is 4.45. The molecule has 1 heterocycles. The van der Waals surface area contributed by atoms with Crippen molar-refractivity contribution in [3.63, 3.8) is 0 Å². The summed E-state index contributed by atoms with van der Waals surface area (Å²) < 4.78 is 0. The maximum absolute atomic E-state index is 7.48. The van der Waals surface area contributed by atoms with E-state index in [4.69, 9.17) is 28.2 Å². The Bertz CT molecular complexity index is 317. The molecule has 0 bridgehead atoms. The summed E-state index contributed by atoms with van der Waals surface area (Å²) in [5.41, 5.74) is 6.75. The first kappa shape index (κ1) is 9.35. The number of nitrogens with two attached hydrogens (primary N) is 1. The van der Waals surface area contributed by atoms with Crippen molar-refractivity contribution in [2.24, 2.45) is 5.73 Å². The molecule has 0 aromatic heterocycles. The van der Waals surface area contributed by atoms with Crippen LogP contribution < -0.4 is 5.73 Å². The average Bonchev–Trinajstić information content (AvgIpc) is 2.27. The van der Waals surface area contributed by atoms with Crippen LogP contribution in [0.4, 0.5) is 0 Å². The van der Waals surface area contributed by atoms with Gasteiger partial charge in [0.05, 0.1) is 10.6 Å². The summed E-state index contributed by atoms with van der Waals surface area (Å²) in [6, 6.07) is 0. The number of thioether (sulfide) groups is 1. The van der Waals surface area contributed by atoms with Crippen LogP contribution in [-0.2, 0) is 0 Å². The highest BCUT2D eigenvalue weighted by Crippen LogP contribution is 2.35. The third-order valence-corrected chi connectivity index (χ3v) is 2.82. The van der Waals surface area contributed by atoms with E-state index in [0.717, 1.165) is 11.8 Å². The Labute approximate surface area is 79.7 Å². The Kier molecular flexibility index (Phi) is 2.59. The third-order valence-electron chi connectivity index (χ3n) is 1.47. The SMILES string of the molecule is C/C=C1/C(=N)SC(C(=N)Cl)=C1N. The van der Waals surface area contributed by atoms with Gasteiger partial charge in [-0.1, -0.05) is 29.4 Å². The Balaban J connectivity index is 3.14. The molecule has 0 unspecified atom stereocenters. The number of hydrogen-bond donors (Lipinski definition) is 3. The maximum Gasteiger partial charge on any atom is 0.137 e. The van der Waals surface area contributed by atoms with E-state index in [0.29, 0.717) is 21.2 Å². The zero-order valence-corrected chi connectivity index (χ0v) is 8.01. The van der Waals surface area contributed by atoms with Gasteiger partial charge in [0.15, 0.2) is 0 Å². The molecule has 0 fully saturated rings. The molecule has 3 nitrogen and oxygen atoms in total. The summed E-state index contributed by atoms with van der Waals surface area (Å²) in [7, 11) is 0. The molecule has 0 saturated heterocycles. The van der Waals surface area contributed by atoms with E-state index >= 15 is 0 Å². The number of nitrogens with one attached hydrogen (secondary N) is 2. The van der Waals surface area contributed by atoms with Gasteiger partial charge < -0.3 is 5.73 Å². The van der Waals surface area contributed by atoms with Crippen molar-refractivity contribution in [1.29, 1.82) is 10.8 Å². The van der Waals surface area contributed by atoms with Crippen LogP contribution in [0, 0.1) is 10.8 Å². The third kappa shape index (κ3) is 1.40. The smallest absolute Gasteiger partial charge is 0.137 e. The molecule has 64 valence electrons. The Morgan fingerprint density at radius 2 is 2.25 bits per heavy atom. The number of hydrogen-bond acceptors (Lipinski definition) is 4. The Morgan fingerprint density at radius 3 is 2.50 bits per heavy atom. The molecule has 1 rings (SSSR count). The Hall–Kier alpha value is -0.740. The standard InChI is InChI=1S/C7H8ClN3S/c1-2-3-4(9)5(6(8)10)12-7(3)11/h2,10-11H,9H2,1H3/b3-2+,10-6?,11-7?. The summed E-state index contributed by atoms with van der Waals surface area (Å²) in [5.74, 6) is 0. The van der Waals surface area contributed by atoms with Crippen molar-refractivity contribution in [3.05, 3.63) is 22.3 Å². The molecule has 0 aromatic rings. The molecule has 0 amide bonds. The largest absolute Gasteiger partial charge is 0.397 e. The van der Waals surface area contributed by atoms with Gasteiger partial charge in [0.25, 0.3) is 0 Å². The summed E-state index contributed by atoms with van der Waals surface area (Å²) in [6.45, 7) is 1.80. The second-order valence-electron chi connectivity index (χ2n) is 2.19. The van der Waals surface area contributed by atoms with E-state index in [1.807, 2.05) is 0 Å². The number of allylic oxidation sites excluding steroid dienone is 3. The minimum absolute atomic E-state index is 0.0981. The lowest BCUT2D eigenvalue weighted by Crippen LogP contribution is -2.03. The zero-order chi connectivity index (χ0) is 9.30. The molecule has 4 N–H and O–H groups in total. The Morgan fingerprint density at radius 1 is 1.67 bits per heavy atom. The maximum atomic E-state index is 7.48. The highest BCUT2D eigenvalue weighted by molar-refractivity contribution is 8.19. The van der Waals surface area contributed by atoms with Gasteiger partial charge in [-0.15, -0.1) is 0 Å². The van der Waals surface area contributed by atoms with Crippen molar-refractivity contribution in [2.75, 3.05) is 0 Å². The quantitative estimate of drug-likeness (QED) is 0.568. The second kappa shape index (κ2) is 3.33. The van der Waals surface area contributed by atoms with E-state index in [9.17, 15) is 0 Å². The molecule has 0 aliphatic carbocycles. The van der Waals surface area contributed by atoms with E-state index in [2.05, 4.69) is 0 Å². The van der Waals surface area contributed by atoms with Crippen LogP contribution in [0.15, 0.2) is 22.3 Å². The van der Waals surface area contributed by atoms with Crippen molar-refractivity contribution in [2.45, 2.75) is 6.92 Å². The van der Waals surface area contributed by atoms with E-state index in [-0.39, 0.29) is 5.17 Å². The van der Waals surface area contributed by atoms with Crippen LogP contribution in [0.25, 0.3) is 0 Å². The van der Waals surface area contributed by atoms with Gasteiger partial charge >= 0.3 is 0 Å². The van der Waals surface area contributed by atoms with Crippen LogP contribution in [0.5, 0.6) is 0 Å². The minimum atomic E-state index is -0.0981. The summed E-state index contributed by atoms with van der Waals surface area (Å²) in [4.78, 5) is 0.481. The molecular formula is C7H8ClN3S. The van der Waals surface area contributed by atoms with Gasteiger partial charge in [-0.3, -0.25) is 10.8 Å². The van der Waals surface area contributed by atoms with E-state index < -0.39 is 0 Å². The first-order valence-electron chi connectivity index (χ1n) is 3.25. The van der Waals surface area contributed by atoms with Crippen molar-refractivity contribution in [1.82, 2.24) is 0 Å². The first-order chi connectivity index (χ1) is 5.57. The van der Waals surface area contributed by atoms with Gasteiger partial charge in [0, 0.05) is 5.57 Å². The number of rotatable bonds is 1. The fourth-order valence-corrected chi connectivity index (χ4v) is 1.98. The van der Waals surface area contributed by atoms with E-state index in [1.54, 1.807) is 13.0 Å². The molecule has 5 heteroatoms. The van der Waals surface area contributed by atoms with Crippen LogP contribution in [0.1, 0.15) is 6.92 Å². The fourth-order valence-electron chi connectivity index (χ4n) is 0.906. The molecule has 12 heavy (non-hydrogen) atoms. The van der Waals surface area contributed by atoms with Crippen LogP contribution in [0.3, 0.4) is 0 Å². The van der Waals surface area contributed by atoms with Gasteiger partial charge in [-0.05, 0) is 6.92 Å². The zero-order valence-electron chi connectivity index (χ0n) is 6.44. The van der Waals surface area contributed by atoms with Gasteiger partial charge in [0.2, 0.25) is 0 Å². The fraction of sp³-hybridized carbons (Fsp3) is 0.143. The highest BCUT2D eigenvalue weighted by atomic mass is 35.5. The normalized spacial score (nSPS) is 20.8. The topological polar surface area (TPSA) is 73.7 Å². The molecule has 1 aliphatic heterocycles. The lowest BCUT2D eigenvalue weighted by atomic mass is 10.2. The molecule has 1 aliphatic rings. The van der Waals surface area contributed by atoms with Crippen molar-refractivity contribution < 1.29 is 0 Å². The predicted octanol–water partition coefficient (Wildman–Crippen LogP) is 2.04.